The van der Waals surface area contributed by atoms with Crippen LogP contribution >= 0.6 is 11.8 Å². The van der Waals surface area contributed by atoms with Crippen LogP contribution in [0.5, 0.6) is 0 Å². The molecule has 2 aromatic carbocycles. The number of thioether (sulfide) groups is 1. The van der Waals surface area contributed by atoms with Gasteiger partial charge in [0, 0.05) is 17.8 Å². The third-order valence-corrected chi connectivity index (χ3v) is 6.88. The van der Waals surface area contributed by atoms with Gasteiger partial charge in [-0.25, -0.2) is 4.99 Å². The number of hydrogen-bond donors (Lipinski definition) is 1. The standard InChI is InChI=1S/C27H31N3OS/c1-6-14-30-23-13-10-20(15-22(23)18(3)17-27(30,4)5)16-24-25(31)29-26(32-24)28-21-11-8-19(7-2)9-12-21/h8-13,15-17H,6-7,14H2,1-5H3,(H,28,29,31)/b24-16+. The SMILES string of the molecule is CCCN1c2ccc(/C=C3/SC(=Nc4ccc(CC)cc4)NC3=O)cc2C(C)=CC1(C)C. The first-order valence-corrected chi connectivity index (χ1v) is 12.1. The van der Waals surface area contributed by atoms with Gasteiger partial charge in [0.2, 0.25) is 0 Å². The van der Waals surface area contributed by atoms with Crippen molar-refractivity contribution in [1.82, 2.24) is 5.32 Å². The van der Waals surface area contributed by atoms with E-state index in [2.05, 4.69) is 86.2 Å². The molecule has 2 aromatic rings. The largest absolute Gasteiger partial charge is 0.362 e. The van der Waals surface area contributed by atoms with Crippen LogP contribution in [-0.4, -0.2) is 23.2 Å². The van der Waals surface area contributed by atoms with Crippen LogP contribution in [0.3, 0.4) is 0 Å². The van der Waals surface area contributed by atoms with Gasteiger partial charge in [0.15, 0.2) is 5.17 Å². The Kier molecular flexibility index (Phi) is 6.29. The molecular formula is C27H31N3OS. The van der Waals surface area contributed by atoms with Crippen LogP contribution in [0, 0.1) is 0 Å². The highest BCUT2D eigenvalue weighted by atomic mass is 32.2. The summed E-state index contributed by atoms with van der Waals surface area (Å²) in [5, 5.41) is 3.51. The smallest absolute Gasteiger partial charge is 0.264 e. The molecule has 32 heavy (non-hydrogen) atoms. The number of amides is 1. The number of aliphatic imine (C=N–C) groups is 1. The average molecular weight is 446 g/mol. The molecule has 1 amide bonds. The van der Waals surface area contributed by atoms with Crippen molar-refractivity contribution >= 4 is 45.9 Å². The number of nitrogens with zero attached hydrogens (tertiary/aromatic N) is 2. The summed E-state index contributed by atoms with van der Waals surface area (Å²) in [6.45, 7) is 12.1. The minimum Gasteiger partial charge on any atom is -0.362 e. The molecule has 1 N–H and O–H groups in total. The zero-order valence-corrected chi connectivity index (χ0v) is 20.3. The van der Waals surface area contributed by atoms with Crippen LogP contribution in [0.25, 0.3) is 11.6 Å². The number of anilines is 1. The van der Waals surface area contributed by atoms with Gasteiger partial charge in [-0.3, -0.25) is 4.79 Å². The van der Waals surface area contributed by atoms with E-state index in [4.69, 9.17) is 0 Å². The second-order valence-electron chi connectivity index (χ2n) is 8.91. The Balaban J connectivity index is 1.60. The highest BCUT2D eigenvalue weighted by Gasteiger charge is 2.31. The Hall–Kier alpha value is -2.79. The van der Waals surface area contributed by atoms with E-state index in [-0.39, 0.29) is 11.4 Å². The summed E-state index contributed by atoms with van der Waals surface area (Å²) < 4.78 is 0. The highest BCUT2D eigenvalue weighted by Crippen LogP contribution is 2.40. The molecule has 0 unspecified atom stereocenters. The molecule has 0 atom stereocenters. The summed E-state index contributed by atoms with van der Waals surface area (Å²) in [5.41, 5.74) is 6.92. The third kappa shape index (κ3) is 4.53. The van der Waals surface area contributed by atoms with Crippen molar-refractivity contribution in [3.8, 4) is 0 Å². The van der Waals surface area contributed by atoms with Gasteiger partial charge >= 0.3 is 0 Å². The average Bonchev–Trinajstić information content (AvgIpc) is 3.10. The molecule has 4 nitrogen and oxygen atoms in total. The van der Waals surface area contributed by atoms with E-state index >= 15 is 0 Å². The van der Waals surface area contributed by atoms with Crippen LogP contribution in [0.4, 0.5) is 11.4 Å². The fraction of sp³-hybridized carbons (Fsp3) is 0.333. The third-order valence-electron chi connectivity index (χ3n) is 5.97. The van der Waals surface area contributed by atoms with Crippen LogP contribution < -0.4 is 10.2 Å². The van der Waals surface area contributed by atoms with Crippen LogP contribution in [0.1, 0.15) is 57.7 Å². The minimum absolute atomic E-state index is 0.00500. The number of allylic oxidation sites excluding steroid dienone is 1. The summed E-state index contributed by atoms with van der Waals surface area (Å²) >= 11 is 1.39. The molecule has 166 valence electrons. The lowest BCUT2D eigenvalue weighted by Crippen LogP contribution is -2.45. The van der Waals surface area contributed by atoms with Gasteiger partial charge < -0.3 is 10.2 Å². The molecule has 0 bridgehead atoms. The maximum atomic E-state index is 12.6. The minimum atomic E-state index is -0.0994. The number of fused-ring (bicyclic) bond motifs is 1. The van der Waals surface area contributed by atoms with Gasteiger partial charge in [-0.1, -0.05) is 38.1 Å². The fourth-order valence-electron chi connectivity index (χ4n) is 4.38. The van der Waals surface area contributed by atoms with Crippen molar-refractivity contribution in [2.75, 3.05) is 11.4 Å². The number of hydrogen-bond acceptors (Lipinski definition) is 4. The number of nitrogens with one attached hydrogen (secondary N) is 1. The second-order valence-corrected chi connectivity index (χ2v) is 9.94. The van der Waals surface area contributed by atoms with E-state index in [1.54, 1.807) is 0 Å². The van der Waals surface area contributed by atoms with E-state index in [0.717, 1.165) is 30.6 Å². The topological polar surface area (TPSA) is 44.7 Å². The summed E-state index contributed by atoms with van der Waals surface area (Å²) in [4.78, 5) is 20.3. The Bertz CT molecular complexity index is 1130. The number of amidine groups is 1. The van der Waals surface area contributed by atoms with E-state index in [0.29, 0.717) is 10.1 Å². The van der Waals surface area contributed by atoms with Gasteiger partial charge in [-0.05, 0) is 92.4 Å². The van der Waals surface area contributed by atoms with Gasteiger partial charge in [0.05, 0.1) is 16.1 Å². The first-order chi connectivity index (χ1) is 15.3. The predicted molar refractivity (Wildman–Crippen MR) is 138 cm³/mol. The molecule has 1 saturated heterocycles. The van der Waals surface area contributed by atoms with E-state index in [1.165, 1.54) is 34.1 Å². The zero-order chi connectivity index (χ0) is 22.9. The maximum Gasteiger partial charge on any atom is 0.264 e. The molecule has 2 aliphatic heterocycles. The van der Waals surface area contributed by atoms with Crippen LogP contribution in [0.15, 0.2) is 58.4 Å². The molecule has 1 fully saturated rings. The Labute approximate surface area is 195 Å². The maximum absolute atomic E-state index is 12.6. The number of benzene rings is 2. The number of rotatable bonds is 5. The molecule has 0 aliphatic carbocycles. The van der Waals surface area contributed by atoms with Crippen molar-refractivity contribution < 1.29 is 4.79 Å². The molecule has 0 aromatic heterocycles. The van der Waals surface area contributed by atoms with E-state index < -0.39 is 0 Å². The molecule has 0 spiro atoms. The monoisotopic (exact) mass is 445 g/mol. The molecule has 2 heterocycles. The van der Waals surface area contributed by atoms with E-state index in [9.17, 15) is 4.79 Å². The summed E-state index contributed by atoms with van der Waals surface area (Å²) in [6, 6.07) is 14.6. The molecular weight excluding hydrogens is 414 g/mol. The zero-order valence-electron chi connectivity index (χ0n) is 19.5. The lowest BCUT2D eigenvalue weighted by atomic mass is 9.88. The second kappa shape index (κ2) is 8.99. The molecule has 4 rings (SSSR count). The Morgan fingerprint density at radius 1 is 1.12 bits per heavy atom. The van der Waals surface area contributed by atoms with Gasteiger partial charge in [0.25, 0.3) is 5.91 Å². The summed E-state index contributed by atoms with van der Waals surface area (Å²) in [7, 11) is 0. The van der Waals surface area contributed by atoms with Crippen molar-refractivity contribution in [3.63, 3.8) is 0 Å². The van der Waals surface area contributed by atoms with Gasteiger partial charge in [-0.2, -0.15) is 0 Å². The number of carbonyl (C=O) groups excluding carboxylic acids is 1. The first kappa shape index (κ1) is 22.4. The first-order valence-electron chi connectivity index (χ1n) is 11.3. The van der Waals surface area contributed by atoms with Crippen LogP contribution in [-0.2, 0) is 11.2 Å². The summed E-state index contributed by atoms with van der Waals surface area (Å²) in [6.07, 6.45) is 6.40. The fourth-order valence-corrected chi connectivity index (χ4v) is 5.22. The Morgan fingerprint density at radius 2 is 1.88 bits per heavy atom. The molecule has 0 radical (unpaired) electrons. The van der Waals surface area contributed by atoms with Crippen molar-refractivity contribution in [2.24, 2.45) is 4.99 Å². The molecule has 2 aliphatic rings. The van der Waals surface area contributed by atoms with Crippen LogP contribution in [0.2, 0.25) is 0 Å². The molecule has 5 heteroatoms. The normalized spacial score (nSPS) is 19.8. The Morgan fingerprint density at radius 3 is 2.56 bits per heavy atom. The summed E-state index contributed by atoms with van der Waals surface area (Å²) in [5.74, 6) is -0.0994. The van der Waals surface area contributed by atoms with Crippen molar-refractivity contribution in [3.05, 3.63) is 70.1 Å². The lowest BCUT2D eigenvalue weighted by molar-refractivity contribution is -0.115. The van der Waals surface area contributed by atoms with Gasteiger partial charge in [0.1, 0.15) is 0 Å². The molecule has 0 saturated carbocycles. The van der Waals surface area contributed by atoms with E-state index in [1.807, 2.05) is 18.2 Å². The number of aryl methyl sites for hydroxylation is 1. The van der Waals surface area contributed by atoms with Crippen molar-refractivity contribution in [2.45, 2.75) is 53.0 Å². The lowest BCUT2D eigenvalue weighted by Gasteiger charge is -2.43. The quantitative estimate of drug-likeness (QED) is 0.531. The highest BCUT2D eigenvalue weighted by molar-refractivity contribution is 8.18. The number of carbonyl (C=O) groups is 1. The van der Waals surface area contributed by atoms with Gasteiger partial charge in [-0.15, -0.1) is 0 Å². The predicted octanol–water partition coefficient (Wildman–Crippen LogP) is 6.55. The van der Waals surface area contributed by atoms with Crippen molar-refractivity contribution in [1.29, 1.82) is 0 Å².